The first-order valence-corrected chi connectivity index (χ1v) is 9.05. The zero-order valence-corrected chi connectivity index (χ0v) is 15.4. The van der Waals surface area contributed by atoms with Crippen molar-refractivity contribution in [1.29, 1.82) is 0 Å². The first-order valence-electron chi connectivity index (χ1n) is 7.27. The lowest BCUT2D eigenvalue weighted by Gasteiger charge is -2.17. The summed E-state index contributed by atoms with van der Waals surface area (Å²) < 4.78 is 17.9. The van der Waals surface area contributed by atoms with E-state index >= 15 is 0 Å². The summed E-state index contributed by atoms with van der Waals surface area (Å²) >= 11 is 4.10. The normalized spacial score (nSPS) is 11.3. The van der Waals surface area contributed by atoms with E-state index in [-0.39, 0.29) is 5.82 Å². The third kappa shape index (κ3) is 2.50. The first kappa shape index (κ1) is 14.9. The first-order chi connectivity index (χ1) is 11.1. The number of benzene rings is 3. The fourth-order valence-electron chi connectivity index (χ4n) is 2.81. The van der Waals surface area contributed by atoms with Crippen LogP contribution in [-0.2, 0) is 0 Å². The molecule has 0 bridgehead atoms. The third-order valence-electron chi connectivity index (χ3n) is 3.97. The molecule has 0 fully saturated rings. The van der Waals surface area contributed by atoms with Crippen LogP contribution in [0.3, 0.4) is 0 Å². The quantitative estimate of drug-likeness (QED) is 0.243. The molecule has 0 saturated heterocycles. The number of anilines is 2. The van der Waals surface area contributed by atoms with Crippen molar-refractivity contribution in [3.8, 4) is 0 Å². The average molecular weight is 433 g/mol. The molecule has 1 heterocycles. The van der Waals surface area contributed by atoms with Crippen LogP contribution < -0.4 is 3.11 Å². The summed E-state index contributed by atoms with van der Waals surface area (Å²) in [7, 11) is 0. The van der Waals surface area contributed by atoms with E-state index in [1.165, 1.54) is 37.9 Å². The zero-order chi connectivity index (χ0) is 16.0. The Hall–Kier alpha value is -1.66. The Labute approximate surface area is 151 Å². The van der Waals surface area contributed by atoms with Gasteiger partial charge in [0.15, 0.2) is 0 Å². The fourth-order valence-corrected chi connectivity index (χ4v) is 4.97. The lowest BCUT2D eigenvalue weighted by atomic mass is 10.1. The van der Waals surface area contributed by atoms with E-state index in [0.717, 1.165) is 11.4 Å². The second-order valence-electron chi connectivity index (χ2n) is 5.46. The maximum Gasteiger partial charge on any atom is 0.123 e. The fraction of sp³-hybridized carbons (Fsp3) is 0.0526. The second kappa shape index (κ2) is 5.76. The van der Waals surface area contributed by atoms with Crippen molar-refractivity contribution in [2.45, 2.75) is 6.92 Å². The van der Waals surface area contributed by atoms with Crippen LogP contribution in [-0.4, -0.2) is 0 Å². The Balaban J connectivity index is 1.95. The topological polar surface area (TPSA) is 3.24 Å². The van der Waals surface area contributed by atoms with E-state index in [1.54, 1.807) is 12.1 Å². The summed E-state index contributed by atoms with van der Waals surface area (Å²) in [4.78, 5) is 0. The number of hydrogen-bond acceptors (Lipinski definition) is 2. The predicted molar refractivity (Wildman–Crippen MR) is 107 cm³/mol. The van der Waals surface area contributed by atoms with Gasteiger partial charge in [-0.05, 0) is 42.8 Å². The predicted octanol–water partition coefficient (Wildman–Crippen LogP) is 6.99. The van der Waals surface area contributed by atoms with Crippen LogP contribution in [0.1, 0.15) is 5.56 Å². The molecule has 0 saturated carbocycles. The minimum atomic E-state index is -0.214. The van der Waals surface area contributed by atoms with Gasteiger partial charge in [0, 0.05) is 15.5 Å². The van der Waals surface area contributed by atoms with Crippen molar-refractivity contribution < 1.29 is 4.39 Å². The molecule has 0 aliphatic rings. The van der Waals surface area contributed by atoms with Gasteiger partial charge in [0.05, 0.1) is 38.9 Å². The Bertz CT molecular complexity index is 1010. The maximum absolute atomic E-state index is 13.2. The minimum absolute atomic E-state index is 0.214. The smallest absolute Gasteiger partial charge is 0.123 e. The standard InChI is InChI=1S/C19H13FINS/c1-12-4-2-5-15-16-6-3-7-17(19(16)23-18(12)15)22(21)14-10-8-13(20)9-11-14/h2-11H,1H3. The summed E-state index contributed by atoms with van der Waals surface area (Å²) in [6, 6.07) is 19.4. The van der Waals surface area contributed by atoms with E-state index in [2.05, 4.69) is 69.3 Å². The van der Waals surface area contributed by atoms with E-state index in [9.17, 15) is 4.39 Å². The van der Waals surface area contributed by atoms with Crippen LogP contribution in [0.4, 0.5) is 15.8 Å². The SMILES string of the molecule is Cc1cccc2c1sc1c(N(I)c3ccc(F)cc3)cccc12. The van der Waals surface area contributed by atoms with Gasteiger partial charge in [-0.3, -0.25) is 3.11 Å². The van der Waals surface area contributed by atoms with Crippen LogP contribution in [0.25, 0.3) is 20.2 Å². The largest absolute Gasteiger partial charge is 0.282 e. The lowest BCUT2D eigenvalue weighted by molar-refractivity contribution is 0.628. The maximum atomic E-state index is 13.2. The molecule has 23 heavy (non-hydrogen) atoms. The van der Waals surface area contributed by atoms with E-state index < -0.39 is 0 Å². The monoisotopic (exact) mass is 433 g/mol. The van der Waals surface area contributed by atoms with Gasteiger partial charge in [0.25, 0.3) is 0 Å². The molecule has 0 atom stereocenters. The molecule has 0 aliphatic heterocycles. The van der Waals surface area contributed by atoms with Crippen molar-refractivity contribution in [2.75, 3.05) is 3.11 Å². The highest BCUT2D eigenvalue weighted by Crippen LogP contribution is 2.43. The van der Waals surface area contributed by atoms with Crippen molar-refractivity contribution >= 4 is 65.7 Å². The second-order valence-corrected chi connectivity index (χ2v) is 7.45. The zero-order valence-electron chi connectivity index (χ0n) is 12.4. The van der Waals surface area contributed by atoms with Crippen molar-refractivity contribution in [3.63, 3.8) is 0 Å². The molecular weight excluding hydrogens is 420 g/mol. The minimum Gasteiger partial charge on any atom is -0.282 e. The molecule has 1 nitrogen and oxygen atoms in total. The van der Waals surface area contributed by atoms with Crippen LogP contribution in [0, 0.1) is 12.7 Å². The Morgan fingerprint density at radius 1 is 0.870 bits per heavy atom. The van der Waals surface area contributed by atoms with E-state index in [0.29, 0.717) is 0 Å². The summed E-state index contributed by atoms with van der Waals surface area (Å²) in [6.07, 6.45) is 0. The van der Waals surface area contributed by atoms with E-state index in [1.807, 2.05) is 11.3 Å². The number of thiophene rings is 1. The number of nitrogens with zero attached hydrogens (tertiary/aromatic N) is 1. The molecule has 0 unspecified atom stereocenters. The number of fused-ring (bicyclic) bond motifs is 3. The van der Waals surface area contributed by atoms with Gasteiger partial charge in [-0.1, -0.05) is 30.3 Å². The van der Waals surface area contributed by atoms with Crippen LogP contribution in [0.2, 0.25) is 0 Å². The van der Waals surface area contributed by atoms with Gasteiger partial charge in [-0.25, -0.2) is 4.39 Å². The Kier molecular flexibility index (Phi) is 3.73. The van der Waals surface area contributed by atoms with Crippen LogP contribution in [0.15, 0.2) is 60.7 Å². The highest BCUT2D eigenvalue weighted by molar-refractivity contribution is 14.1. The van der Waals surface area contributed by atoms with Gasteiger partial charge in [0.1, 0.15) is 5.82 Å². The highest BCUT2D eigenvalue weighted by Gasteiger charge is 2.14. The molecule has 0 spiro atoms. The number of aryl methyl sites for hydroxylation is 1. The molecule has 3 aromatic carbocycles. The lowest BCUT2D eigenvalue weighted by Crippen LogP contribution is -2.00. The van der Waals surface area contributed by atoms with Crippen molar-refractivity contribution in [2.24, 2.45) is 0 Å². The van der Waals surface area contributed by atoms with Crippen molar-refractivity contribution in [3.05, 3.63) is 72.0 Å². The molecule has 0 radical (unpaired) electrons. The Morgan fingerprint density at radius 2 is 1.52 bits per heavy atom. The van der Waals surface area contributed by atoms with Crippen LogP contribution in [0.5, 0.6) is 0 Å². The van der Waals surface area contributed by atoms with Gasteiger partial charge >= 0.3 is 0 Å². The molecule has 0 N–H and O–H groups in total. The summed E-state index contributed by atoms with van der Waals surface area (Å²) in [5, 5.41) is 2.57. The molecule has 4 rings (SSSR count). The summed E-state index contributed by atoms with van der Waals surface area (Å²) in [5.74, 6) is -0.214. The van der Waals surface area contributed by atoms with Gasteiger partial charge in [0.2, 0.25) is 0 Å². The molecule has 1 aromatic heterocycles. The molecular formula is C19H13FINS. The van der Waals surface area contributed by atoms with Gasteiger partial charge in [-0.15, -0.1) is 11.3 Å². The molecule has 0 amide bonds. The highest BCUT2D eigenvalue weighted by atomic mass is 127. The summed E-state index contributed by atoms with van der Waals surface area (Å²) in [5.41, 5.74) is 3.40. The number of hydrogen-bond donors (Lipinski definition) is 0. The Morgan fingerprint density at radius 3 is 2.26 bits per heavy atom. The summed E-state index contributed by atoms with van der Waals surface area (Å²) in [6.45, 7) is 2.15. The van der Waals surface area contributed by atoms with E-state index in [4.69, 9.17) is 0 Å². The molecule has 114 valence electrons. The average Bonchev–Trinajstić information content (AvgIpc) is 2.95. The van der Waals surface area contributed by atoms with Gasteiger partial charge < -0.3 is 0 Å². The molecule has 4 aromatic rings. The van der Waals surface area contributed by atoms with Gasteiger partial charge in [-0.2, -0.15) is 0 Å². The molecule has 4 heteroatoms. The number of rotatable bonds is 2. The van der Waals surface area contributed by atoms with Crippen molar-refractivity contribution in [1.82, 2.24) is 0 Å². The molecule has 0 aliphatic carbocycles. The van der Waals surface area contributed by atoms with Crippen LogP contribution >= 0.6 is 34.2 Å². The third-order valence-corrected chi connectivity index (χ3v) is 6.42. The number of halogens is 2.